The fourth-order valence-corrected chi connectivity index (χ4v) is 6.36. The Hall–Kier alpha value is -2.31. The number of aryl methyl sites for hydroxylation is 2. The van der Waals surface area contributed by atoms with Gasteiger partial charge in [0.05, 0.1) is 11.2 Å². The Morgan fingerprint density at radius 3 is 2.39 bits per heavy atom. The van der Waals surface area contributed by atoms with Gasteiger partial charge in [-0.1, -0.05) is 43.3 Å². The van der Waals surface area contributed by atoms with Gasteiger partial charge in [0, 0.05) is 13.1 Å². The molecule has 5 nitrogen and oxygen atoms in total. The summed E-state index contributed by atoms with van der Waals surface area (Å²) in [6, 6.07) is 13.7. The van der Waals surface area contributed by atoms with Crippen LogP contribution in [0.2, 0.25) is 0 Å². The standard InChI is InChI=1S/C30H40BNO4/c1-6-21-18-20(10-13-25(21)22-14-16-32(17-15-22)28(33)34)19-24-12-11-23-8-7-9-26(27(23)24)31-35-29(2,3)30(4,5)36-31/h7-10,13,18,22,24H,6,11-12,14-17,19H2,1-5H3,(H,33,34)/t24-/m1/s1. The quantitative estimate of drug-likeness (QED) is 0.550. The SMILES string of the molecule is CCc1cc(C[C@H]2CCc3cccc(B4OC(C)(C)C(C)(C)O4)c32)ccc1C1CCN(C(=O)O)CC1. The van der Waals surface area contributed by atoms with Crippen LogP contribution in [0, 0.1) is 0 Å². The van der Waals surface area contributed by atoms with E-state index >= 15 is 0 Å². The van der Waals surface area contributed by atoms with E-state index in [9.17, 15) is 9.90 Å². The number of carbonyl (C=O) groups is 1. The van der Waals surface area contributed by atoms with Crippen molar-refractivity contribution in [2.24, 2.45) is 0 Å². The van der Waals surface area contributed by atoms with Crippen LogP contribution in [-0.4, -0.2) is 47.5 Å². The number of carboxylic acid groups (broad SMARTS) is 1. The Kier molecular flexibility index (Phi) is 6.71. The van der Waals surface area contributed by atoms with Crippen LogP contribution in [0.3, 0.4) is 0 Å². The monoisotopic (exact) mass is 489 g/mol. The Balaban J connectivity index is 1.36. The Morgan fingerprint density at radius 2 is 1.75 bits per heavy atom. The van der Waals surface area contributed by atoms with Crippen molar-refractivity contribution in [1.82, 2.24) is 4.90 Å². The number of amides is 1. The molecule has 1 aliphatic carbocycles. The van der Waals surface area contributed by atoms with Crippen molar-refractivity contribution in [3.05, 3.63) is 64.2 Å². The van der Waals surface area contributed by atoms with Crippen LogP contribution in [-0.2, 0) is 28.6 Å². The molecule has 1 atom stereocenters. The maximum absolute atomic E-state index is 11.3. The first kappa shape index (κ1) is 25.3. The van der Waals surface area contributed by atoms with Crippen LogP contribution in [0.5, 0.6) is 0 Å². The summed E-state index contributed by atoms with van der Waals surface area (Å²) < 4.78 is 12.9. The van der Waals surface area contributed by atoms with E-state index in [2.05, 4.69) is 71.0 Å². The lowest BCUT2D eigenvalue weighted by atomic mass is 9.72. The molecule has 2 aliphatic heterocycles. The Morgan fingerprint density at radius 1 is 1.06 bits per heavy atom. The zero-order valence-corrected chi connectivity index (χ0v) is 22.5. The van der Waals surface area contributed by atoms with Crippen molar-refractivity contribution >= 4 is 18.7 Å². The van der Waals surface area contributed by atoms with Gasteiger partial charge in [0.25, 0.3) is 0 Å². The van der Waals surface area contributed by atoms with Crippen molar-refractivity contribution in [1.29, 1.82) is 0 Å². The highest BCUT2D eigenvalue weighted by atomic mass is 16.7. The van der Waals surface area contributed by atoms with Gasteiger partial charge in [-0.15, -0.1) is 0 Å². The van der Waals surface area contributed by atoms with E-state index in [4.69, 9.17) is 9.31 Å². The summed E-state index contributed by atoms with van der Waals surface area (Å²) in [5, 5.41) is 9.29. The smallest absolute Gasteiger partial charge is 0.465 e. The predicted molar refractivity (Wildman–Crippen MR) is 144 cm³/mol. The fraction of sp³-hybridized carbons (Fsp3) is 0.567. The van der Waals surface area contributed by atoms with Crippen LogP contribution < -0.4 is 5.46 Å². The van der Waals surface area contributed by atoms with Crippen molar-refractivity contribution in [2.75, 3.05) is 13.1 Å². The lowest BCUT2D eigenvalue weighted by Gasteiger charge is -2.32. The first-order valence-electron chi connectivity index (χ1n) is 13.7. The first-order chi connectivity index (χ1) is 17.1. The molecule has 5 rings (SSSR count). The van der Waals surface area contributed by atoms with E-state index in [0.717, 1.165) is 38.5 Å². The van der Waals surface area contributed by atoms with Gasteiger partial charge in [0.2, 0.25) is 0 Å². The third kappa shape index (κ3) is 4.59. The van der Waals surface area contributed by atoms with Gasteiger partial charge in [-0.3, -0.25) is 0 Å². The molecule has 1 N–H and O–H groups in total. The molecule has 0 saturated carbocycles. The molecule has 2 heterocycles. The molecule has 2 aromatic carbocycles. The molecular formula is C30H40BNO4. The minimum Gasteiger partial charge on any atom is -0.465 e. The van der Waals surface area contributed by atoms with E-state index in [1.54, 1.807) is 4.90 Å². The van der Waals surface area contributed by atoms with Gasteiger partial charge < -0.3 is 19.3 Å². The summed E-state index contributed by atoms with van der Waals surface area (Å²) >= 11 is 0. The van der Waals surface area contributed by atoms with E-state index in [1.165, 1.54) is 33.3 Å². The molecule has 0 aromatic heterocycles. The second kappa shape index (κ2) is 9.53. The number of fused-ring (bicyclic) bond motifs is 1. The normalized spacial score (nSPS) is 23.2. The highest BCUT2D eigenvalue weighted by Gasteiger charge is 2.52. The third-order valence-corrected chi connectivity index (χ3v) is 9.18. The van der Waals surface area contributed by atoms with E-state index < -0.39 is 6.09 Å². The zero-order chi connectivity index (χ0) is 25.7. The van der Waals surface area contributed by atoms with Crippen molar-refractivity contribution in [3.8, 4) is 0 Å². The van der Waals surface area contributed by atoms with Crippen molar-refractivity contribution < 1.29 is 19.2 Å². The molecule has 36 heavy (non-hydrogen) atoms. The summed E-state index contributed by atoms with van der Waals surface area (Å²) in [5.74, 6) is 0.913. The molecule has 6 heteroatoms. The fourth-order valence-electron chi connectivity index (χ4n) is 6.36. The minimum atomic E-state index is -0.795. The zero-order valence-electron chi connectivity index (χ0n) is 22.5. The molecule has 0 spiro atoms. The Bertz CT molecular complexity index is 1120. The summed E-state index contributed by atoms with van der Waals surface area (Å²) in [7, 11) is -0.323. The summed E-state index contributed by atoms with van der Waals surface area (Å²) in [6.45, 7) is 12.0. The second-order valence-corrected chi connectivity index (χ2v) is 11.9. The molecule has 0 unspecified atom stereocenters. The molecule has 0 bridgehead atoms. The second-order valence-electron chi connectivity index (χ2n) is 11.9. The van der Waals surface area contributed by atoms with E-state index in [1.807, 2.05) is 0 Å². The summed E-state index contributed by atoms with van der Waals surface area (Å²) in [4.78, 5) is 12.8. The van der Waals surface area contributed by atoms with Crippen LogP contribution in [0.15, 0.2) is 36.4 Å². The van der Waals surface area contributed by atoms with Crippen LogP contribution in [0.25, 0.3) is 0 Å². The van der Waals surface area contributed by atoms with E-state index in [-0.39, 0.29) is 18.3 Å². The van der Waals surface area contributed by atoms with Gasteiger partial charge in [0.15, 0.2) is 0 Å². The number of benzene rings is 2. The van der Waals surface area contributed by atoms with Crippen molar-refractivity contribution in [3.63, 3.8) is 0 Å². The molecule has 1 amide bonds. The van der Waals surface area contributed by atoms with Gasteiger partial charge in [-0.25, -0.2) is 4.79 Å². The van der Waals surface area contributed by atoms with Crippen molar-refractivity contribution in [2.45, 2.75) is 96.2 Å². The Labute approximate surface area is 216 Å². The predicted octanol–water partition coefficient (Wildman–Crippen LogP) is 5.68. The highest BCUT2D eigenvalue weighted by molar-refractivity contribution is 6.62. The largest absolute Gasteiger partial charge is 0.495 e. The third-order valence-electron chi connectivity index (χ3n) is 9.18. The maximum Gasteiger partial charge on any atom is 0.495 e. The number of likely N-dealkylation sites (tertiary alicyclic amines) is 1. The van der Waals surface area contributed by atoms with Crippen LogP contribution in [0.4, 0.5) is 4.79 Å². The summed E-state index contributed by atoms with van der Waals surface area (Å²) in [6.07, 6.45) is 5.31. The highest BCUT2D eigenvalue weighted by Crippen LogP contribution is 2.40. The molecule has 2 aromatic rings. The molecule has 3 aliphatic rings. The minimum absolute atomic E-state index is 0.323. The van der Waals surface area contributed by atoms with Gasteiger partial charge in [-0.05, 0) is 111 Å². The average molecular weight is 489 g/mol. The molecule has 0 radical (unpaired) electrons. The van der Waals surface area contributed by atoms with E-state index in [0.29, 0.717) is 24.9 Å². The van der Waals surface area contributed by atoms with Gasteiger partial charge >= 0.3 is 13.2 Å². The summed E-state index contributed by atoms with van der Waals surface area (Å²) in [5.41, 5.74) is 7.59. The lowest BCUT2D eigenvalue weighted by Crippen LogP contribution is -2.41. The molecule has 192 valence electrons. The van der Waals surface area contributed by atoms with Crippen LogP contribution >= 0.6 is 0 Å². The topological polar surface area (TPSA) is 59.0 Å². The molecule has 2 saturated heterocycles. The number of hydrogen-bond acceptors (Lipinski definition) is 3. The van der Waals surface area contributed by atoms with Crippen LogP contribution in [0.1, 0.15) is 93.5 Å². The lowest BCUT2D eigenvalue weighted by molar-refractivity contribution is 0.00578. The first-order valence-corrected chi connectivity index (χ1v) is 13.7. The average Bonchev–Trinajstić information content (AvgIpc) is 3.35. The van der Waals surface area contributed by atoms with Gasteiger partial charge in [-0.2, -0.15) is 0 Å². The molecular weight excluding hydrogens is 449 g/mol. The number of nitrogens with zero attached hydrogens (tertiary/aromatic N) is 1. The number of hydrogen-bond donors (Lipinski definition) is 1. The molecule has 2 fully saturated rings. The maximum atomic E-state index is 11.3. The number of rotatable bonds is 5. The number of piperidine rings is 1. The van der Waals surface area contributed by atoms with Gasteiger partial charge in [0.1, 0.15) is 0 Å².